The summed E-state index contributed by atoms with van der Waals surface area (Å²) < 4.78 is 5.90. The van der Waals surface area contributed by atoms with E-state index in [1.54, 1.807) is 12.4 Å². The molecule has 1 fully saturated rings. The fourth-order valence-corrected chi connectivity index (χ4v) is 2.94. The second-order valence-electron chi connectivity index (χ2n) is 5.70. The summed E-state index contributed by atoms with van der Waals surface area (Å²) in [6.07, 6.45) is 5.31. The molecule has 0 saturated carbocycles. The van der Waals surface area contributed by atoms with Gasteiger partial charge >= 0.3 is 0 Å². The summed E-state index contributed by atoms with van der Waals surface area (Å²) in [7, 11) is 0. The van der Waals surface area contributed by atoms with Crippen molar-refractivity contribution in [2.75, 3.05) is 19.6 Å². The van der Waals surface area contributed by atoms with Gasteiger partial charge in [-0.2, -0.15) is 0 Å². The van der Waals surface area contributed by atoms with Crippen molar-refractivity contribution in [3.63, 3.8) is 0 Å². The van der Waals surface area contributed by atoms with Gasteiger partial charge in [0.2, 0.25) is 11.8 Å². The molecule has 2 N–H and O–H groups in total. The van der Waals surface area contributed by atoms with Gasteiger partial charge in [0.1, 0.15) is 11.4 Å². The topological polar surface area (TPSA) is 81.3 Å². The third-order valence-corrected chi connectivity index (χ3v) is 3.92. The van der Waals surface area contributed by atoms with Crippen molar-refractivity contribution in [2.24, 2.45) is 5.73 Å². The van der Waals surface area contributed by atoms with Gasteiger partial charge < -0.3 is 10.5 Å². The van der Waals surface area contributed by atoms with Crippen LogP contribution in [0.1, 0.15) is 24.5 Å². The number of rotatable bonds is 5. The number of para-hydroxylation sites is 1. The second kappa shape index (κ2) is 7.19. The predicted octanol–water partition coefficient (Wildman–Crippen LogP) is 1.93. The standard InChI is InChI=1S/C17H20N4O2/c18-15(22)12-21-10-4-5-13(11-21)16-17(20-9-8-19-16)23-14-6-2-1-3-7-14/h1-3,6-9,13H,4-5,10-12H2,(H2,18,22)/t13-/m0/s1. The van der Waals surface area contributed by atoms with Crippen molar-refractivity contribution >= 4 is 5.91 Å². The number of benzene rings is 1. The van der Waals surface area contributed by atoms with Gasteiger partial charge in [0, 0.05) is 24.9 Å². The number of ether oxygens (including phenoxy) is 1. The molecule has 1 aliphatic rings. The van der Waals surface area contributed by atoms with Gasteiger partial charge in [0.05, 0.1) is 6.54 Å². The molecule has 0 unspecified atom stereocenters. The van der Waals surface area contributed by atoms with E-state index in [4.69, 9.17) is 10.5 Å². The molecule has 3 rings (SSSR count). The summed E-state index contributed by atoms with van der Waals surface area (Å²) in [6.45, 7) is 1.91. The molecule has 0 bridgehead atoms. The summed E-state index contributed by atoms with van der Waals surface area (Å²) in [4.78, 5) is 22.0. The van der Waals surface area contributed by atoms with Crippen molar-refractivity contribution in [2.45, 2.75) is 18.8 Å². The normalized spacial score (nSPS) is 18.5. The number of likely N-dealkylation sites (tertiary alicyclic amines) is 1. The maximum atomic E-state index is 11.1. The summed E-state index contributed by atoms with van der Waals surface area (Å²) in [5.74, 6) is 1.16. The third-order valence-electron chi connectivity index (χ3n) is 3.92. The quantitative estimate of drug-likeness (QED) is 0.912. The predicted molar refractivity (Wildman–Crippen MR) is 86.2 cm³/mol. The van der Waals surface area contributed by atoms with Gasteiger partial charge in [-0.3, -0.25) is 14.7 Å². The number of nitrogens with two attached hydrogens (primary N) is 1. The van der Waals surface area contributed by atoms with Gasteiger partial charge in [-0.1, -0.05) is 18.2 Å². The van der Waals surface area contributed by atoms with Crippen LogP contribution in [0.5, 0.6) is 11.6 Å². The molecule has 2 heterocycles. The Kier molecular flexibility index (Phi) is 4.83. The number of amides is 1. The second-order valence-corrected chi connectivity index (χ2v) is 5.70. The Labute approximate surface area is 135 Å². The molecule has 1 aromatic heterocycles. The zero-order chi connectivity index (χ0) is 16.1. The number of piperidine rings is 1. The van der Waals surface area contributed by atoms with E-state index in [2.05, 4.69) is 14.9 Å². The zero-order valence-electron chi connectivity index (χ0n) is 12.9. The van der Waals surface area contributed by atoms with Crippen LogP contribution in [0, 0.1) is 0 Å². The van der Waals surface area contributed by atoms with Gasteiger partial charge in [-0.05, 0) is 31.5 Å². The highest BCUT2D eigenvalue weighted by atomic mass is 16.5. The van der Waals surface area contributed by atoms with Crippen LogP contribution in [0.3, 0.4) is 0 Å². The lowest BCUT2D eigenvalue weighted by Gasteiger charge is -2.31. The summed E-state index contributed by atoms with van der Waals surface area (Å²) >= 11 is 0. The molecule has 1 saturated heterocycles. The van der Waals surface area contributed by atoms with Gasteiger partial charge in [0.25, 0.3) is 0 Å². The van der Waals surface area contributed by atoms with Gasteiger partial charge in [0.15, 0.2) is 0 Å². The fourth-order valence-electron chi connectivity index (χ4n) is 2.94. The Balaban J connectivity index is 1.78. The molecule has 1 aromatic carbocycles. The third kappa shape index (κ3) is 4.04. The average molecular weight is 312 g/mol. The van der Waals surface area contributed by atoms with Crippen LogP contribution in [-0.4, -0.2) is 40.4 Å². The Morgan fingerprint density at radius 2 is 2.04 bits per heavy atom. The first kappa shape index (κ1) is 15.4. The smallest absolute Gasteiger partial charge is 0.241 e. The van der Waals surface area contributed by atoms with E-state index >= 15 is 0 Å². The van der Waals surface area contributed by atoms with Gasteiger partial charge in [-0.25, -0.2) is 4.98 Å². The molecule has 0 radical (unpaired) electrons. The molecule has 2 aromatic rings. The lowest BCUT2D eigenvalue weighted by molar-refractivity contribution is -0.119. The van der Waals surface area contributed by atoms with Crippen LogP contribution in [-0.2, 0) is 4.79 Å². The minimum atomic E-state index is -0.300. The zero-order valence-corrected chi connectivity index (χ0v) is 12.9. The molecular weight excluding hydrogens is 292 g/mol. The summed E-state index contributed by atoms with van der Waals surface area (Å²) in [5.41, 5.74) is 6.14. The Hall–Kier alpha value is -2.47. The number of aromatic nitrogens is 2. The number of primary amides is 1. The Morgan fingerprint density at radius 3 is 2.83 bits per heavy atom. The van der Waals surface area contributed by atoms with E-state index in [1.807, 2.05) is 30.3 Å². The van der Waals surface area contributed by atoms with Crippen molar-refractivity contribution in [3.8, 4) is 11.6 Å². The van der Waals surface area contributed by atoms with Crippen molar-refractivity contribution in [1.82, 2.24) is 14.9 Å². The fraction of sp³-hybridized carbons (Fsp3) is 0.353. The van der Waals surface area contributed by atoms with Gasteiger partial charge in [-0.15, -0.1) is 0 Å². The number of nitrogens with zero attached hydrogens (tertiary/aromatic N) is 3. The van der Waals surface area contributed by atoms with Crippen molar-refractivity contribution in [3.05, 3.63) is 48.4 Å². The van der Waals surface area contributed by atoms with Crippen LogP contribution in [0.15, 0.2) is 42.7 Å². The molecule has 1 amide bonds. The Morgan fingerprint density at radius 1 is 1.26 bits per heavy atom. The van der Waals surface area contributed by atoms with Crippen LogP contribution in [0.25, 0.3) is 0 Å². The first-order chi connectivity index (χ1) is 11.2. The van der Waals surface area contributed by atoms with E-state index in [0.29, 0.717) is 5.88 Å². The number of hydrogen-bond donors (Lipinski definition) is 1. The first-order valence-electron chi connectivity index (χ1n) is 7.77. The first-order valence-corrected chi connectivity index (χ1v) is 7.77. The van der Waals surface area contributed by atoms with E-state index < -0.39 is 0 Å². The molecule has 6 heteroatoms. The van der Waals surface area contributed by atoms with E-state index in [1.165, 1.54) is 0 Å². The Bertz CT molecular complexity index is 663. The molecule has 1 aliphatic heterocycles. The van der Waals surface area contributed by atoms with Crippen LogP contribution in [0.4, 0.5) is 0 Å². The molecular formula is C17H20N4O2. The average Bonchev–Trinajstić information content (AvgIpc) is 2.56. The molecule has 1 atom stereocenters. The maximum Gasteiger partial charge on any atom is 0.241 e. The van der Waals surface area contributed by atoms with E-state index in [0.717, 1.165) is 37.4 Å². The molecule has 23 heavy (non-hydrogen) atoms. The molecule has 0 aliphatic carbocycles. The maximum absolute atomic E-state index is 11.1. The highest BCUT2D eigenvalue weighted by Gasteiger charge is 2.26. The molecule has 0 spiro atoms. The van der Waals surface area contributed by atoms with Crippen molar-refractivity contribution < 1.29 is 9.53 Å². The minimum absolute atomic E-state index is 0.190. The van der Waals surface area contributed by atoms with Crippen molar-refractivity contribution in [1.29, 1.82) is 0 Å². The largest absolute Gasteiger partial charge is 0.437 e. The summed E-state index contributed by atoms with van der Waals surface area (Å²) in [6, 6.07) is 9.55. The monoisotopic (exact) mass is 312 g/mol. The van der Waals surface area contributed by atoms with Crippen LogP contribution >= 0.6 is 0 Å². The number of carbonyl (C=O) groups excluding carboxylic acids is 1. The van der Waals surface area contributed by atoms with Crippen LogP contribution < -0.4 is 10.5 Å². The SMILES string of the molecule is NC(=O)CN1CCC[C@H](c2nccnc2Oc2ccccc2)C1. The molecule has 120 valence electrons. The number of hydrogen-bond acceptors (Lipinski definition) is 5. The van der Waals surface area contributed by atoms with Crippen LogP contribution in [0.2, 0.25) is 0 Å². The lowest BCUT2D eigenvalue weighted by Crippen LogP contribution is -2.40. The highest BCUT2D eigenvalue weighted by molar-refractivity contribution is 5.75. The highest BCUT2D eigenvalue weighted by Crippen LogP contribution is 2.32. The van der Waals surface area contributed by atoms with E-state index in [-0.39, 0.29) is 18.4 Å². The number of carbonyl (C=O) groups is 1. The van der Waals surface area contributed by atoms with E-state index in [9.17, 15) is 4.79 Å². The minimum Gasteiger partial charge on any atom is -0.437 e. The lowest BCUT2D eigenvalue weighted by atomic mass is 9.94. The summed E-state index contributed by atoms with van der Waals surface area (Å²) in [5, 5.41) is 0. The molecule has 6 nitrogen and oxygen atoms in total.